The van der Waals surface area contributed by atoms with Crippen LogP contribution in [0.3, 0.4) is 0 Å². The Morgan fingerprint density at radius 1 is 1.36 bits per heavy atom. The van der Waals surface area contributed by atoms with Crippen LogP contribution in [-0.4, -0.2) is 73.1 Å². The number of anilines is 1. The standard InChI is InChI=1S/C17H26N4O4/c1-4-25-17(22)15-11-14(21(23)24)5-6-16(15)18-13(2)12-20-9-7-19(3)8-10-20/h5-6,11,13,18H,4,7-10,12H2,1-3H3. The smallest absolute Gasteiger partial charge is 0.340 e. The summed E-state index contributed by atoms with van der Waals surface area (Å²) in [5, 5.41) is 14.3. The SMILES string of the molecule is CCOC(=O)c1cc([N+](=O)[O-])ccc1NC(C)CN1CCN(C)CC1. The lowest BCUT2D eigenvalue weighted by Gasteiger charge is -2.34. The van der Waals surface area contributed by atoms with Crippen molar-refractivity contribution in [1.82, 2.24) is 9.80 Å². The molecule has 0 bridgehead atoms. The summed E-state index contributed by atoms with van der Waals surface area (Å²) < 4.78 is 5.03. The van der Waals surface area contributed by atoms with Crippen LogP contribution in [0.2, 0.25) is 0 Å². The first-order chi connectivity index (χ1) is 11.9. The molecule has 1 saturated heterocycles. The second kappa shape index (κ2) is 8.77. The van der Waals surface area contributed by atoms with E-state index in [0.717, 1.165) is 32.7 Å². The second-order valence-corrected chi connectivity index (χ2v) is 6.36. The number of nitrogens with zero attached hydrogens (tertiary/aromatic N) is 3. The molecular weight excluding hydrogens is 324 g/mol. The van der Waals surface area contributed by atoms with Gasteiger partial charge in [0.25, 0.3) is 5.69 Å². The summed E-state index contributed by atoms with van der Waals surface area (Å²) in [5.41, 5.74) is 0.632. The van der Waals surface area contributed by atoms with Crippen molar-refractivity contribution in [2.45, 2.75) is 19.9 Å². The molecule has 8 heteroatoms. The normalized spacial score (nSPS) is 17.1. The lowest BCUT2D eigenvalue weighted by atomic mass is 10.1. The molecule has 25 heavy (non-hydrogen) atoms. The summed E-state index contributed by atoms with van der Waals surface area (Å²) in [6, 6.07) is 4.33. The number of benzene rings is 1. The minimum atomic E-state index is -0.555. The molecular formula is C17H26N4O4. The fourth-order valence-corrected chi connectivity index (χ4v) is 2.88. The number of non-ortho nitro benzene ring substituents is 1. The average Bonchev–Trinajstić information content (AvgIpc) is 2.57. The topological polar surface area (TPSA) is 87.9 Å². The summed E-state index contributed by atoms with van der Waals surface area (Å²) in [5.74, 6) is -0.555. The Hall–Kier alpha value is -2.19. The Balaban J connectivity index is 2.08. The van der Waals surface area contributed by atoms with E-state index in [1.54, 1.807) is 13.0 Å². The van der Waals surface area contributed by atoms with Gasteiger partial charge in [0.1, 0.15) is 0 Å². The summed E-state index contributed by atoms with van der Waals surface area (Å²) in [6.45, 7) is 8.90. The molecule has 0 aromatic heterocycles. The van der Waals surface area contributed by atoms with Gasteiger partial charge in [-0.3, -0.25) is 15.0 Å². The van der Waals surface area contributed by atoms with Crippen molar-refractivity contribution >= 4 is 17.3 Å². The van der Waals surface area contributed by atoms with E-state index in [2.05, 4.69) is 22.2 Å². The first kappa shape index (κ1) is 19.1. The van der Waals surface area contributed by atoms with Gasteiger partial charge in [0, 0.05) is 56.6 Å². The Labute approximate surface area is 147 Å². The monoisotopic (exact) mass is 350 g/mol. The molecule has 2 rings (SSSR count). The third kappa shape index (κ3) is 5.40. The Morgan fingerprint density at radius 2 is 2.04 bits per heavy atom. The molecule has 1 aliphatic heterocycles. The number of piperazine rings is 1. The van der Waals surface area contributed by atoms with Crippen LogP contribution in [-0.2, 0) is 4.74 Å². The van der Waals surface area contributed by atoms with Crippen LogP contribution >= 0.6 is 0 Å². The zero-order chi connectivity index (χ0) is 18.4. The van der Waals surface area contributed by atoms with E-state index in [1.807, 2.05) is 6.92 Å². The minimum Gasteiger partial charge on any atom is -0.462 e. The van der Waals surface area contributed by atoms with Gasteiger partial charge in [0.05, 0.1) is 17.1 Å². The molecule has 0 radical (unpaired) electrons. The van der Waals surface area contributed by atoms with Gasteiger partial charge in [-0.05, 0) is 27.0 Å². The number of carbonyl (C=O) groups is 1. The van der Waals surface area contributed by atoms with Crippen LogP contribution < -0.4 is 5.32 Å². The van der Waals surface area contributed by atoms with Crippen molar-refractivity contribution in [1.29, 1.82) is 0 Å². The van der Waals surface area contributed by atoms with E-state index in [0.29, 0.717) is 5.69 Å². The first-order valence-corrected chi connectivity index (χ1v) is 8.53. The highest BCUT2D eigenvalue weighted by atomic mass is 16.6. The molecule has 1 fully saturated rings. The molecule has 1 aromatic carbocycles. The summed E-state index contributed by atoms with van der Waals surface area (Å²) in [6.07, 6.45) is 0. The maximum absolute atomic E-state index is 12.1. The van der Waals surface area contributed by atoms with E-state index in [1.165, 1.54) is 12.1 Å². The van der Waals surface area contributed by atoms with Gasteiger partial charge >= 0.3 is 5.97 Å². The van der Waals surface area contributed by atoms with E-state index < -0.39 is 10.9 Å². The number of nitrogens with one attached hydrogen (secondary N) is 1. The summed E-state index contributed by atoms with van der Waals surface area (Å²) >= 11 is 0. The van der Waals surface area contributed by atoms with E-state index >= 15 is 0 Å². The van der Waals surface area contributed by atoms with Gasteiger partial charge in [0.2, 0.25) is 0 Å². The number of esters is 1. The maximum atomic E-state index is 12.1. The molecule has 0 saturated carbocycles. The summed E-state index contributed by atoms with van der Waals surface area (Å²) in [7, 11) is 2.11. The van der Waals surface area contributed by atoms with Gasteiger partial charge in [0.15, 0.2) is 0 Å². The second-order valence-electron chi connectivity index (χ2n) is 6.36. The largest absolute Gasteiger partial charge is 0.462 e. The highest BCUT2D eigenvalue weighted by Gasteiger charge is 2.20. The van der Waals surface area contributed by atoms with Crippen molar-refractivity contribution in [3.63, 3.8) is 0 Å². The molecule has 0 spiro atoms. The summed E-state index contributed by atoms with van der Waals surface area (Å²) in [4.78, 5) is 27.3. The molecule has 1 atom stereocenters. The van der Waals surface area contributed by atoms with Gasteiger partial charge in [-0.2, -0.15) is 0 Å². The van der Waals surface area contributed by atoms with Crippen LogP contribution in [0, 0.1) is 10.1 Å². The Morgan fingerprint density at radius 3 is 2.64 bits per heavy atom. The lowest BCUT2D eigenvalue weighted by Crippen LogP contribution is -2.47. The third-order valence-electron chi connectivity index (χ3n) is 4.24. The van der Waals surface area contributed by atoms with E-state index in [9.17, 15) is 14.9 Å². The zero-order valence-electron chi connectivity index (χ0n) is 15.0. The van der Waals surface area contributed by atoms with Gasteiger partial charge in [-0.25, -0.2) is 4.79 Å². The third-order valence-corrected chi connectivity index (χ3v) is 4.24. The molecule has 1 unspecified atom stereocenters. The van der Waals surface area contributed by atoms with Crippen molar-refractivity contribution in [2.75, 3.05) is 51.7 Å². The number of ether oxygens (including phenoxy) is 1. The fraction of sp³-hybridized carbons (Fsp3) is 0.588. The number of carbonyl (C=O) groups excluding carboxylic acids is 1. The first-order valence-electron chi connectivity index (χ1n) is 8.53. The van der Waals surface area contributed by atoms with Crippen LogP contribution in [0.25, 0.3) is 0 Å². The van der Waals surface area contributed by atoms with Crippen LogP contribution in [0.1, 0.15) is 24.2 Å². The van der Waals surface area contributed by atoms with Crippen molar-refractivity contribution < 1.29 is 14.5 Å². The highest BCUT2D eigenvalue weighted by molar-refractivity contribution is 5.96. The number of likely N-dealkylation sites (N-methyl/N-ethyl adjacent to an activating group) is 1. The van der Waals surface area contributed by atoms with Gasteiger partial charge in [-0.1, -0.05) is 0 Å². The van der Waals surface area contributed by atoms with Crippen molar-refractivity contribution in [3.8, 4) is 0 Å². The predicted octanol–water partition coefficient (Wildman–Crippen LogP) is 1.82. The van der Waals surface area contributed by atoms with Crippen LogP contribution in [0.5, 0.6) is 0 Å². The number of nitro benzene ring substituents is 1. The average molecular weight is 350 g/mol. The Kier molecular flexibility index (Phi) is 6.72. The number of rotatable bonds is 7. The fourth-order valence-electron chi connectivity index (χ4n) is 2.88. The van der Waals surface area contributed by atoms with Gasteiger partial charge < -0.3 is 15.0 Å². The van der Waals surface area contributed by atoms with E-state index in [4.69, 9.17) is 4.74 Å². The molecule has 1 aromatic rings. The van der Waals surface area contributed by atoms with Crippen LogP contribution in [0.15, 0.2) is 18.2 Å². The lowest BCUT2D eigenvalue weighted by molar-refractivity contribution is -0.384. The molecule has 1 aliphatic rings. The zero-order valence-corrected chi connectivity index (χ0v) is 15.0. The quantitative estimate of drug-likeness (QED) is 0.456. The number of hydrogen-bond acceptors (Lipinski definition) is 7. The van der Waals surface area contributed by atoms with Crippen LogP contribution in [0.4, 0.5) is 11.4 Å². The van der Waals surface area contributed by atoms with Crippen molar-refractivity contribution in [2.24, 2.45) is 0 Å². The maximum Gasteiger partial charge on any atom is 0.340 e. The number of nitro groups is 1. The molecule has 1 N–H and O–H groups in total. The predicted molar refractivity (Wildman–Crippen MR) is 96.1 cm³/mol. The molecule has 138 valence electrons. The Bertz CT molecular complexity index is 615. The molecule has 0 amide bonds. The molecule has 0 aliphatic carbocycles. The highest BCUT2D eigenvalue weighted by Crippen LogP contribution is 2.24. The number of hydrogen-bond donors (Lipinski definition) is 1. The van der Waals surface area contributed by atoms with Crippen molar-refractivity contribution in [3.05, 3.63) is 33.9 Å². The van der Waals surface area contributed by atoms with E-state index in [-0.39, 0.29) is 23.9 Å². The minimum absolute atomic E-state index is 0.0954. The van der Waals surface area contributed by atoms with Gasteiger partial charge in [-0.15, -0.1) is 0 Å². The molecule has 1 heterocycles. The molecule has 8 nitrogen and oxygen atoms in total.